The van der Waals surface area contributed by atoms with Gasteiger partial charge in [0.15, 0.2) is 5.13 Å². The number of likely N-dealkylation sites (tertiary alicyclic amines) is 1. The Kier molecular flexibility index (Phi) is 6.11. The number of aryl methyl sites for hydroxylation is 1. The lowest BCUT2D eigenvalue weighted by Crippen LogP contribution is -2.43. The van der Waals surface area contributed by atoms with Crippen LogP contribution in [0.1, 0.15) is 31.1 Å². The maximum atomic E-state index is 12.7. The average molecular weight is 388 g/mol. The minimum Gasteiger partial charge on any atom is -0.497 e. The molecule has 0 saturated carbocycles. The highest BCUT2D eigenvalue weighted by Crippen LogP contribution is 2.32. The molecule has 0 spiro atoms. The molecular formula is C20H25N3O3S. The first-order chi connectivity index (χ1) is 13.0. The quantitative estimate of drug-likeness (QED) is 0.849. The van der Waals surface area contributed by atoms with Crippen LogP contribution in [0.3, 0.4) is 0 Å². The topological polar surface area (TPSA) is 71.5 Å². The number of piperidine rings is 1. The fourth-order valence-electron chi connectivity index (χ4n) is 3.32. The van der Waals surface area contributed by atoms with Gasteiger partial charge in [0.2, 0.25) is 11.8 Å². The lowest BCUT2D eigenvalue weighted by Gasteiger charge is -2.31. The van der Waals surface area contributed by atoms with Crippen LogP contribution in [0.2, 0.25) is 0 Å². The number of nitrogens with zero attached hydrogens (tertiary/aromatic N) is 2. The first-order valence-electron chi connectivity index (χ1n) is 9.22. The van der Waals surface area contributed by atoms with Gasteiger partial charge in [-0.3, -0.25) is 9.59 Å². The molecule has 1 saturated heterocycles. The highest BCUT2D eigenvalue weighted by atomic mass is 32.1. The number of rotatable bonds is 5. The van der Waals surface area contributed by atoms with Crippen molar-refractivity contribution < 1.29 is 14.3 Å². The molecule has 0 bridgehead atoms. The maximum absolute atomic E-state index is 12.7. The summed E-state index contributed by atoms with van der Waals surface area (Å²) in [6.07, 6.45) is 2.14. The first-order valence-corrected chi connectivity index (χ1v) is 10.0. The van der Waals surface area contributed by atoms with Crippen molar-refractivity contribution in [1.82, 2.24) is 9.88 Å². The Bertz CT molecular complexity index is 816. The third kappa shape index (κ3) is 4.47. The van der Waals surface area contributed by atoms with Gasteiger partial charge in [-0.2, -0.15) is 0 Å². The molecule has 2 aromatic rings. The number of thiazole rings is 1. The monoisotopic (exact) mass is 387 g/mol. The van der Waals surface area contributed by atoms with E-state index in [1.165, 1.54) is 11.3 Å². The third-order valence-corrected chi connectivity index (χ3v) is 5.72. The highest BCUT2D eigenvalue weighted by Gasteiger charge is 2.28. The van der Waals surface area contributed by atoms with Gasteiger partial charge in [-0.05, 0) is 44.0 Å². The molecule has 1 fully saturated rings. The minimum atomic E-state index is -0.178. The van der Waals surface area contributed by atoms with Crippen LogP contribution in [-0.2, 0) is 9.59 Å². The Morgan fingerprint density at radius 3 is 2.74 bits per heavy atom. The number of anilines is 1. The molecule has 3 rings (SSSR count). The van der Waals surface area contributed by atoms with Crippen molar-refractivity contribution in [3.05, 3.63) is 29.1 Å². The first kappa shape index (κ1) is 19.4. The van der Waals surface area contributed by atoms with Crippen molar-refractivity contribution in [2.24, 2.45) is 5.92 Å². The number of hydrogen-bond donors (Lipinski definition) is 1. The van der Waals surface area contributed by atoms with E-state index in [4.69, 9.17) is 4.74 Å². The van der Waals surface area contributed by atoms with Crippen molar-refractivity contribution in [3.8, 4) is 17.0 Å². The van der Waals surface area contributed by atoms with Gasteiger partial charge in [-0.15, -0.1) is 11.3 Å². The van der Waals surface area contributed by atoms with Gasteiger partial charge in [-0.25, -0.2) is 4.98 Å². The lowest BCUT2D eigenvalue weighted by molar-refractivity contribution is -0.134. The maximum Gasteiger partial charge on any atom is 0.231 e. The zero-order valence-corrected chi connectivity index (χ0v) is 16.8. The number of ether oxygens (including phenoxy) is 1. The molecule has 7 heteroatoms. The zero-order chi connectivity index (χ0) is 19.4. The second-order valence-electron chi connectivity index (χ2n) is 6.67. The number of carbonyl (C=O) groups excluding carboxylic acids is 2. The molecule has 1 N–H and O–H groups in total. The summed E-state index contributed by atoms with van der Waals surface area (Å²) < 4.78 is 5.19. The summed E-state index contributed by atoms with van der Waals surface area (Å²) in [7, 11) is 1.64. The van der Waals surface area contributed by atoms with Gasteiger partial charge in [0, 0.05) is 30.0 Å². The second kappa shape index (κ2) is 8.52. The SMILES string of the molecule is CCC(=O)N1CCCC(C(=O)Nc2nc(-c3ccc(OC)cc3)c(C)s2)C1. The van der Waals surface area contributed by atoms with Gasteiger partial charge in [-0.1, -0.05) is 6.92 Å². The summed E-state index contributed by atoms with van der Waals surface area (Å²) >= 11 is 1.47. The molecule has 27 heavy (non-hydrogen) atoms. The molecule has 1 aromatic heterocycles. The molecule has 0 radical (unpaired) electrons. The molecule has 2 heterocycles. The van der Waals surface area contributed by atoms with Crippen LogP contribution in [-0.4, -0.2) is 41.9 Å². The van der Waals surface area contributed by atoms with E-state index in [1.807, 2.05) is 38.1 Å². The standard InChI is InChI=1S/C20H25N3O3S/c1-4-17(24)23-11-5-6-15(12-23)19(25)22-20-21-18(13(2)27-20)14-7-9-16(26-3)10-8-14/h7-10,15H,4-6,11-12H2,1-3H3,(H,21,22,25). The van der Waals surface area contributed by atoms with Crippen LogP contribution in [0, 0.1) is 12.8 Å². The zero-order valence-electron chi connectivity index (χ0n) is 15.9. The number of hydrogen-bond acceptors (Lipinski definition) is 5. The van der Waals surface area contributed by atoms with E-state index in [1.54, 1.807) is 12.0 Å². The van der Waals surface area contributed by atoms with E-state index in [2.05, 4.69) is 10.3 Å². The number of benzene rings is 1. The molecule has 1 atom stereocenters. The van der Waals surface area contributed by atoms with Crippen molar-refractivity contribution in [2.45, 2.75) is 33.1 Å². The van der Waals surface area contributed by atoms with Crippen molar-refractivity contribution in [3.63, 3.8) is 0 Å². The predicted octanol–water partition coefficient (Wildman–Crippen LogP) is 3.71. The normalized spacial score (nSPS) is 16.9. The number of amides is 2. The van der Waals surface area contributed by atoms with Gasteiger partial charge in [0.1, 0.15) is 5.75 Å². The Morgan fingerprint density at radius 2 is 2.07 bits per heavy atom. The Hall–Kier alpha value is -2.41. The van der Waals surface area contributed by atoms with Crippen molar-refractivity contribution in [1.29, 1.82) is 0 Å². The van der Waals surface area contributed by atoms with E-state index in [-0.39, 0.29) is 17.7 Å². The van der Waals surface area contributed by atoms with Gasteiger partial charge < -0.3 is 15.0 Å². The van der Waals surface area contributed by atoms with Gasteiger partial charge in [0.05, 0.1) is 18.7 Å². The minimum absolute atomic E-state index is 0.0568. The van der Waals surface area contributed by atoms with Crippen LogP contribution in [0.5, 0.6) is 5.75 Å². The van der Waals surface area contributed by atoms with E-state index in [9.17, 15) is 9.59 Å². The summed E-state index contributed by atoms with van der Waals surface area (Å²) in [5.41, 5.74) is 1.85. The smallest absolute Gasteiger partial charge is 0.231 e. The Morgan fingerprint density at radius 1 is 1.33 bits per heavy atom. The van der Waals surface area contributed by atoms with Crippen molar-refractivity contribution in [2.75, 3.05) is 25.5 Å². The molecular weight excluding hydrogens is 362 g/mol. The number of nitrogens with one attached hydrogen (secondary N) is 1. The molecule has 1 aromatic carbocycles. The van der Waals surface area contributed by atoms with Crippen LogP contribution >= 0.6 is 11.3 Å². The fourth-order valence-corrected chi connectivity index (χ4v) is 4.15. The lowest BCUT2D eigenvalue weighted by atomic mass is 9.97. The summed E-state index contributed by atoms with van der Waals surface area (Å²) in [4.78, 5) is 32.0. The van der Waals surface area contributed by atoms with E-state index in [0.717, 1.165) is 41.3 Å². The molecule has 1 unspecified atom stereocenters. The molecule has 2 amide bonds. The number of aromatic nitrogens is 1. The number of carbonyl (C=O) groups is 2. The molecule has 144 valence electrons. The van der Waals surface area contributed by atoms with E-state index in [0.29, 0.717) is 18.1 Å². The Labute approximate surface area is 163 Å². The van der Waals surface area contributed by atoms with Crippen molar-refractivity contribution >= 4 is 28.3 Å². The van der Waals surface area contributed by atoms with Crippen LogP contribution in [0.4, 0.5) is 5.13 Å². The van der Waals surface area contributed by atoms with Crippen LogP contribution < -0.4 is 10.1 Å². The van der Waals surface area contributed by atoms with E-state index < -0.39 is 0 Å². The summed E-state index contributed by atoms with van der Waals surface area (Å²) in [6, 6.07) is 7.71. The molecule has 1 aliphatic heterocycles. The predicted molar refractivity (Wildman–Crippen MR) is 107 cm³/mol. The molecule has 6 nitrogen and oxygen atoms in total. The Balaban J connectivity index is 1.68. The fraction of sp³-hybridized carbons (Fsp3) is 0.450. The van der Waals surface area contributed by atoms with E-state index >= 15 is 0 Å². The van der Waals surface area contributed by atoms with Crippen LogP contribution in [0.15, 0.2) is 24.3 Å². The number of methoxy groups -OCH3 is 1. The molecule has 1 aliphatic rings. The molecule has 0 aliphatic carbocycles. The second-order valence-corrected chi connectivity index (χ2v) is 7.88. The van der Waals surface area contributed by atoms with Gasteiger partial charge in [0.25, 0.3) is 0 Å². The summed E-state index contributed by atoms with van der Waals surface area (Å²) in [5.74, 6) is 0.671. The summed E-state index contributed by atoms with van der Waals surface area (Å²) in [6.45, 7) is 5.09. The van der Waals surface area contributed by atoms with Gasteiger partial charge >= 0.3 is 0 Å². The average Bonchev–Trinajstić information content (AvgIpc) is 3.07. The third-order valence-electron chi connectivity index (χ3n) is 4.84. The summed E-state index contributed by atoms with van der Waals surface area (Å²) in [5, 5.41) is 3.55. The largest absolute Gasteiger partial charge is 0.497 e. The van der Waals surface area contributed by atoms with Crippen LogP contribution in [0.25, 0.3) is 11.3 Å². The highest BCUT2D eigenvalue weighted by molar-refractivity contribution is 7.16.